The van der Waals surface area contributed by atoms with E-state index in [1.165, 1.54) is 83.5 Å². The highest BCUT2D eigenvalue weighted by molar-refractivity contribution is 7.12. The minimum atomic E-state index is 0.531. The maximum atomic E-state index is 5.82. The molecule has 0 spiro atoms. The van der Waals surface area contributed by atoms with Crippen LogP contribution in [0.15, 0.2) is 12.1 Å². The molecule has 2 saturated carbocycles. The third kappa shape index (κ3) is 5.83. The summed E-state index contributed by atoms with van der Waals surface area (Å²) in [7, 11) is 0. The molecule has 2 heteroatoms. The van der Waals surface area contributed by atoms with Gasteiger partial charge in [-0.2, -0.15) is 0 Å². The molecule has 2 aliphatic rings. The van der Waals surface area contributed by atoms with Gasteiger partial charge in [0.25, 0.3) is 0 Å². The lowest BCUT2D eigenvalue weighted by Gasteiger charge is -2.29. The second-order valence-electron chi connectivity index (χ2n) is 8.74. The minimum Gasteiger partial charge on any atom is -0.379 e. The molecule has 0 unspecified atom stereocenters. The normalized spacial score (nSPS) is 29.8. The Morgan fingerprint density at radius 2 is 1.42 bits per heavy atom. The molecular formula is C24H40OS. The third-order valence-corrected chi connectivity index (χ3v) is 8.25. The summed E-state index contributed by atoms with van der Waals surface area (Å²) in [6, 6.07) is 4.93. The smallest absolute Gasteiger partial charge is 0.0575 e. The molecule has 0 N–H and O–H groups in total. The molecule has 1 nitrogen and oxygen atoms in total. The molecule has 0 radical (unpaired) electrons. The van der Waals surface area contributed by atoms with Crippen LogP contribution in [0.3, 0.4) is 0 Å². The fourth-order valence-electron chi connectivity index (χ4n) is 5.15. The van der Waals surface area contributed by atoms with Gasteiger partial charge in [0.1, 0.15) is 0 Å². The van der Waals surface area contributed by atoms with Gasteiger partial charge >= 0.3 is 0 Å². The average molecular weight is 377 g/mol. The van der Waals surface area contributed by atoms with Crippen molar-refractivity contribution < 1.29 is 4.74 Å². The second kappa shape index (κ2) is 10.9. The Kier molecular flexibility index (Phi) is 8.52. The molecule has 0 aliphatic heterocycles. The van der Waals surface area contributed by atoms with E-state index in [1.54, 1.807) is 9.75 Å². The Labute approximate surface area is 165 Å². The largest absolute Gasteiger partial charge is 0.379 e. The van der Waals surface area contributed by atoms with E-state index in [9.17, 15) is 0 Å². The van der Waals surface area contributed by atoms with Gasteiger partial charge < -0.3 is 4.74 Å². The number of ether oxygens (including phenoxy) is 1. The molecule has 0 aromatic carbocycles. The molecule has 0 amide bonds. The molecule has 0 atom stereocenters. The lowest BCUT2D eigenvalue weighted by molar-refractivity contribution is 0.0330. The predicted molar refractivity (Wildman–Crippen MR) is 114 cm³/mol. The summed E-state index contributed by atoms with van der Waals surface area (Å²) in [5, 5.41) is 0. The van der Waals surface area contributed by atoms with Gasteiger partial charge in [-0.3, -0.25) is 0 Å². The standard InChI is InChI=1S/C24H40OS/c1-3-5-6-7-8-19-9-11-20(12-10-19)23-17-18-24(26-23)21-13-15-22(16-14-21)25-4-2/h17-22H,3-16H2,1-2H3. The van der Waals surface area contributed by atoms with Crippen molar-refractivity contribution in [1.82, 2.24) is 0 Å². The fraction of sp³-hybridized carbons (Fsp3) is 0.833. The molecule has 1 aromatic rings. The van der Waals surface area contributed by atoms with Gasteiger partial charge in [-0.05, 0) is 88.2 Å². The third-order valence-electron chi connectivity index (χ3n) is 6.84. The summed E-state index contributed by atoms with van der Waals surface area (Å²) in [6.45, 7) is 5.31. The van der Waals surface area contributed by atoms with Crippen LogP contribution in [0.1, 0.15) is 119 Å². The van der Waals surface area contributed by atoms with E-state index in [1.807, 2.05) is 0 Å². The zero-order valence-corrected chi connectivity index (χ0v) is 18.0. The zero-order valence-electron chi connectivity index (χ0n) is 17.2. The highest BCUT2D eigenvalue weighted by Gasteiger charge is 2.26. The Balaban J connectivity index is 1.41. The molecule has 1 aromatic heterocycles. The predicted octanol–water partition coefficient (Wildman–Crippen LogP) is 8.06. The first kappa shape index (κ1) is 20.4. The van der Waals surface area contributed by atoms with Gasteiger partial charge in [0.15, 0.2) is 0 Å². The van der Waals surface area contributed by atoms with Crippen LogP contribution in [0.5, 0.6) is 0 Å². The number of hydrogen-bond donors (Lipinski definition) is 0. The zero-order chi connectivity index (χ0) is 18.2. The van der Waals surface area contributed by atoms with Crippen molar-refractivity contribution >= 4 is 11.3 Å². The van der Waals surface area contributed by atoms with E-state index in [2.05, 4.69) is 37.3 Å². The van der Waals surface area contributed by atoms with Crippen LogP contribution in [0.25, 0.3) is 0 Å². The first-order valence-corrected chi connectivity index (χ1v) is 12.3. The summed E-state index contributed by atoms with van der Waals surface area (Å²) in [4.78, 5) is 3.35. The van der Waals surface area contributed by atoms with Gasteiger partial charge in [-0.1, -0.05) is 39.0 Å². The van der Waals surface area contributed by atoms with Gasteiger partial charge in [0, 0.05) is 16.4 Å². The molecule has 1 heterocycles. The van der Waals surface area contributed by atoms with Crippen LogP contribution in [0.2, 0.25) is 0 Å². The van der Waals surface area contributed by atoms with Crippen LogP contribution in [-0.4, -0.2) is 12.7 Å². The quantitative estimate of drug-likeness (QED) is 0.396. The second-order valence-corrected chi connectivity index (χ2v) is 9.88. The van der Waals surface area contributed by atoms with Crippen molar-refractivity contribution in [3.8, 4) is 0 Å². The molecule has 2 aliphatic carbocycles. The van der Waals surface area contributed by atoms with Crippen LogP contribution in [-0.2, 0) is 4.74 Å². The Morgan fingerprint density at radius 3 is 2.00 bits per heavy atom. The Hall–Kier alpha value is -0.340. The molecule has 148 valence electrons. The number of hydrogen-bond acceptors (Lipinski definition) is 2. The van der Waals surface area contributed by atoms with Gasteiger partial charge in [-0.25, -0.2) is 0 Å². The van der Waals surface area contributed by atoms with E-state index >= 15 is 0 Å². The monoisotopic (exact) mass is 376 g/mol. The van der Waals surface area contributed by atoms with Crippen molar-refractivity contribution in [3.63, 3.8) is 0 Å². The topological polar surface area (TPSA) is 9.23 Å². The Bertz CT molecular complexity index is 492. The van der Waals surface area contributed by atoms with Gasteiger partial charge in [0.2, 0.25) is 0 Å². The van der Waals surface area contributed by atoms with Crippen molar-refractivity contribution in [1.29, 1.82) is 0 Å². The van der Waals surface area contributed by atoms with Crippen LogP contribution < -0.4 is 0 Å². The van der Waals surface area contributed by atoms with Gasteiger partial charge in [-0.15, -0.1) is 11.3 Å². The van der Waals surface area contributed by atoms with Crippen LogP contribution >= 0.6 is 11.3 Å². The SMILES string of the molecule is CCCCCCC1CCC(c2ccc(C3CCC(OCC)CC3)s2)CC1. The number of rotatable bonds is 9. The van der Waals surface area contributed by atoms with Crippen molar-refractivity contribution in [3.05, 3.63) is 21.9 Å². The van der Waals surface area contributed by atoms with Gasteiger partial charge in [0.05, 0.1) is 6.10 Å². The van der Waals surface area contributed by atoms with Crippen LogP contribution in [0.4, 0.5) is 0 Å². The van der Waals surface area contributed by atoms with E-state index in [0.29, 0.717) is 6.10 Å². The van der Waals surface area contributed by atoms with Crippen molar-refractivity contribution in [2.75, 3.05) is 6.61 Å². The number of thiophene rings is 1. The first-order valence-electron chi connectivity index (χ1n) is 11.5. The molecular weight excluding hydrogens is 336 g/mol. The summed E-state index contributed by atoms with van der Waals surface area (Å²) in [6.07, 6.45) is 18.7. The summed E-state index contributed by atoms with van der Waals surface area (Å²) >= 11 is 2.15. The maximum Gasteiger partial charge on any atom is 0.0575 e. The van der Waals surface area contributed by atoms with E-state index < -0.39 is 0 Å². The average Bonchev–Trinajstić information content (AvgIpc) is 3.17. The lowest BCUT2D eigenvalue weighted by atomic mass is 9.79. The highest BCUT2D eigenvalue weighted by Crippen LogP contribution is 2.43. The number of unbranched alkanes of at least 4 members (excludes halogenated alkanes) is 3. The summed E-state index contributed by atoms with van der Waals surface area (Å²) in [5.74, 6) is 2.69. The van der Waals surface area contributed by atoms with E-state index in [4.69, 9.17) is 4.74 Å². The summed E-state index contributed by atoms with van der Waals surface area (Å²) < 4.78 is 5.82. The van der Waals surface area contributed by atoms with E-state index in [0.717, 1.165) is 24.4 Å². The lowest BCUT2D eigenvalue weighted by Crippen LogP contribution is -2.20. The molecule has 0 saturated heterocycles. The maximum absolute atomic E-state index is 5.82. The summed E-state index contributed by atoms with van der Waals surface area (Å²) in [5.41, 5.74) is 0. The highest BCUT2D eigenvalue weighted by atomic mass is 32.1. The fourth-order valence-corrected chi connectivity index (χ4v) is 6.50. The Morgan fingerprint density at radius 1 is 0.808 bits per heavy atom. The van der Waals surface area contributed by atoms with Crippen molar-refractivity contribution in [2.45, 2.75) is 115 Å². The van der Waals surface area contributed by atoms with Crippen molar-refractivity contribution in [2.24, 2.45) is 5.92 Å². The minimum absolute atomic E-state index is 0.531. The van der Waals surface area contributed by atoms with Crippen LogP contribution in [0, 0.1) is 5.92 Å². The molecule has 0 bridgehead atoms. The molecule has 2 fully saturated rings. The molecule has 26 heavy (non-hydrogen) atoms. The first-order chi connectivity index (χ1) is 12.8. The molecule has 3 rings (SSSR count). The van der Waals surface area contributed by atoms with E-state index in [-0.39, 0.29) is 0 Å².